The van der Waals surface area contributed by atoms with Crippen molar-refractivity contribution < 1.29 is 17.9 Å². The number of hydrogen-bond donors (Lipinski definition) is 1. The van der Waals surface area contributed by atoms with Crippen molar-refractivity contribution >= 4 is 45.0 Å². The van der Waals surface area contributed by atoms with E-state index in [9.17, 15) is 13.2 Å². The molecule has 9 heteroatoms. The monoisotopic (exact) mass is 440 g/mol. The molecule has 1 fully saturated rings. The van der Waals surface area contributed by atoms with Gasteiger partial charge in [-0.05, 0) is 48.9 Å². The van der Waals surface area contributed by atoms with Crippen molar-refractivity contribution in [3.05, 3.63) is 47.5 Å². The first-order valence-electron chi connectivity index (χ1n) is 8.77. The highest BCUT2D eigenvalue weighted by atomic mass is 35.5. The Labute approximate surface area is 174 Å². The standard InChI is InChI=1S/C19H21ClN2O4S2/c1-26-18-9-8-16(13-17(18)22-11-2-3-19(22)23)28(24,25)21-10-12-27-15-6-4-14(20)5-7-15/h4-9,13,21H,2-3,10-12H2,1H3. The summed E-state index contributed by atoms with van der Waals surface area (Å²) in [5.41, 5.74) is 0.489. The number of benzene rings is 2. The van der Waals surface area contributed by atoms with Crippen LogP contribution >= 0.6 is 23.4 Å². The predicted octanol–water partition coefficient (Wildman–Crippen LogP) is 3.55. The Bertz CT molecular complexity index is 949. The lowest BCUT2D eigenvalue weighted by Gasteiger charge is -2.20. The molecule has 3 rings (SSSR count). The summed E-state index contributed by atoms with van der Waals surface area (Å²) in [6.07, 6.45) is 1.21. The Hall–Kier alpha value is -1.74. The first kappa shape index (κ1) is 21.0. The quantitative estimate of drug-likeness (QED) is 0.502. The number of anilines is 1. The number of carbonyl (C=O) groups is 1. The lowest BCUT2D eigenvalue weighted by atomic mass is 10.2. The molecule has 0 atom stereocenters. The molecule has 1 N–H and O–H groups in total. The van der Waals surface area contributed by atoms with Crippen LogP contribution in [0.1, 0.15) is 12.8 Å². The summed E-state index contributed by atoms with van der Waals surface area (Å²) in [7, 11) is -2.19. The number of carbonyl (C=O) groups excluding carboxylic acids is 1. The molecule has 0 spiro atoms. The molecule has 2 aromatic carbocycles. The molecule has 1 heterocycles. The van der Waals surface area contributed by atoms with Gasteiger partial charge in [0.1, 0.15) is 5.75 Å². The fourth-order valence-electron chi connectivity index (χ4n) is 2.91. The van der Waals surface area contributed by atoms with Gasteiger partial charge in [-0.15, -0.1) is 11.8 Å². The third-order valence-corrected chi connectivity index (χ3v) is 7.03. The van der Waals surface area contributed by atoms with E-state index in [0.717, 1.165) is 11.3 Å². The maximum absolute atomic E-state index is 12.7. The van der Waals surface area contributed by atoms with Gasteiger partial charge >= 0.3 is 0 Å². The van der Waals surface area contributed by atoms with E-state index in [4.69, 9.17) is 16.3 Å². The van der Waals surface area contributed by atoms with Gasteiger partial charge in [-0.3, -0.25) is 4.79 Å². The Morgan fingerprint density at radius 1 is 1.21 bits per heavy atom. The van der Waals surface area contributed by atoms with Crippen LogP contribution in [0.3, 0.4) is 0 Å². The van der Waals surface area contributed by atoms with Crippen LogP contribution in [0.15, 0.2) is 52.3 Å². The molecule has 0 aliphatic carbocycles. The Morgan fingerprint density at radius 3 is 2.61 bits per heavy atom. The fraction of sp³-hybridized carbons (Fsp3) is 0.316. The molecule has 28 heavy (non-hydrogen) atoms. The number of hydrogen-bond acceptors (Lipinski definition) is 5. The maximum Gasteiger partial charge on any atom is 0.240 e. The topological polar surface area (TPSA) is 75.7 Å². The molecule has 2 aromatic rings. The minimum atomic E-state index is -3.69. The summed E-state index contributed by atoms with van der Waals surface area (Å²) in [6.45, 7) is 0.837. The molecule has 0 unspecified atom stereocenters. The van der Waals surface area contributed by atoms with Gasteiger partial charge in [0.05, 0.1) is 17.7 Å². The average molecular weight is 441 g/mol. The number of nitrogens with zero attached hydrogens (tertiary/aromatic N) is 1. The van der Waals surface area contributed by atoms with Crippen LogP contribution in [0, 0.1) is 0 Å². The van der Waals surface area contributed by atoms with Gasteiger partial charge in [0, 0.05) is 35.2 Å². The Kier molecular flexibility index (Phi) is 6.87. The van der Waals surface area contributed by atoms with Crippen molar-refractivity contribution in [2.75, 3.05) is 30.9 Å². The molecular formula is C19H21ClN2O4S2. The number of ether oxygens (including phenoxy) is 1. The minimum Gasteiger partial charge on any atom is -0.495 e. The third kappa shape index (κ3) is 5.00. The van der Waals surface area contributed by atoms with Crippen LogP contribution in [-0.2, 0) is 14.8 Å². The highest BCUT2D eigenvalue weighted by molar-refractivity contribution is 7.99. The second-order valence-corrected chi connectivity index (χ2v) is 9.55. The molecular weight excluding hydrogens is 420 g/mol. The van der Waals surface area contributed by atoms with Crippen LogP contribution in [-0.4, -0.2) is 40.3 Å². The van der Waals surface area contributed by atoms with E-state index in [1.165, 1.54) is 31.0 Å². The van der Waals surface area contributed by atoms with E-state index in [0.29, 0.717) is 35.2 Å². The van der Waals surface area contributed by atoms with Gasteiger partial charge in [-0.2, -0.15) is 0 Å². The first-order valence-corrected chi connectivity index (χ1v) is 11.6. The van der Waals surface area contributed by atoms with Crippen LogP contribution in [0.5, 0.6) is 5.75 Å². The summed E-state index contributed by atoms with van der Waals surface area (Å²) in [5.74, 6) is 1.03. The normalized spacial score (nSPS) is 14.5. The molecule has 150 valence electrons. The zero-order chi connectivity index (χ0) is 20.1. The number of thioether (sulfide) groups is 1. The molecule has 1 aliphatic rings. The second-order valence-electron chi connectivity index (χ2n) is 6.18. The first-order chi connectivity index (χ1) is 13.4. The number of methoxy groups -OCH3 is 1. The van der Waals surface area contributed by atoms with E-state index in [1.807, 2.05) is 12.1 Å². The van der Waals surface area contributed by atoms with Crippen LogP contribution < -0.4 is 14.4 Å². The van der Waals surface area contributed by atoms with Crippen LogP contribution in [0.4, 0.5) is 5.69 Å². The van der Waals surface area contributed by atoms with Gasteiger partial charge in [-0.1, -0.05) is 11.6 Å². The number of nitrogens with one attached hydrogen (secondary N) is 1. The van der Waals surface area contributed by atoms with Crippen LogP contribution in [0.25, 0.3) is 0 Å². The number of halogens is 1. The van der Waals surface area contributed by atoms with Gasteiger partial charge in [0.25, 0.3) is 0 Å². The fourth-order valence-corrected chi connectivity index (χ4v) is 4.98. The van der Waals surface area contributed by atoms with Crippen molar-refractivity contribution in [1.29, 1.82) is 0 Å². The van der Waals surface area contributed by atoms with E-state index >= 15 is 0 Å². The SMILES string of the molecule is COc1ccc(S(=O)(=O)NCCSc2ccc(Cl)cc2)cc1N1CCCC1=O. The highest BCUT2D eigenvalue weighted by Crippen LogP contribution is 2.33. The van der Waals surface area contributed by atoms with Crippen LogP contribution in [0.2, 0.25) is 5.02 Å². The Morgan fingerprint density at radius 2 is 1.96 bits per heavy atom. The summed E-state index contributed by atoms with van der Waals surface area (Å²) in [4.78, 5) is 14.8. The molecule has 1 aliphatic heterocycles. The summed E-state index contributed by atoms with van der Waals surface area (Å²) < 4.78 is 33.2. The zero-order valence-electron chi connectivity index (χ0n) is 15.4. The van der Waals surface area contributed by atoms with Crippen molar-refractivity contribution in [1.82, 2.24) is 4.72 Å². The number of sulfonamides is 1. The molecule has 1 amide bonds. The second kappa shape index (κ2) is 9.17. The Balaban J connectivity index is 1.67. The largest absolute Gasteiger partial charge is 0.495 e. The van der Waals surface area contributed by atoms with E-state index in [1.54, 1.807) is 23.1 Å². The van der Waals surface area contributed by atoms with E-state index in [2.05, 4.69) is 4.72 Å². The summed E-state index contributed by atoms with van der Waals surface area (Å²) in [5, 5.41) is 0.664. The number of rotatable bonds is 8. The van der Waals surface area contributed by atoms with Gasteiger partial charge in [-0.25, -0.2) is 13.1 Å². The lowest BCUT2D eigenvalue weighted by Crippen LogP contribution is -2.27. The maximum atomic E-state index is 12.7. The van der Waals surface area contributed by atoms with Crippen molar-refractivity contribution in [3.8, 4) is 5.75 Å². The van der Waals surface area contributed by atoms with Crippen molar-refractivity contribution in [2.24, 2.45) is 0 Å². The summed E-state index contributed by atoms with van der Waals surface area (Å²) >= 11 is 7.39. The van der Waals surface area contributed by atoms with Gasteiger partial charge in [0.2, 0.25) is 15.9 Å². The highest BCUT2D eigenvalue weighted by Gasteiger charge is 2.26. The molecule has 1 saturated heterocycles. The van der Waals surface area contributed by atoms with Crippen molar-refractivity contribution in [2.45, 2.75) is 22.6 Å². The third-order valence-electron chi connectivity index (χ3n) is 4.30. The van der Waals surface area contributed by atoms with Crippen molar-refractivity contribution in [3.63, 3.8) is 0 Å². The van der Waals surface area contributed by atoms with E-state index in [-0.39, 0.29) is 17.3 Å². The van der Waals surface area contributed by atoms with E-state index < -0.39 is 10.0 Å². The van der Waals surface area contributed by atoms with Gasteiger partial charge < -0.3 is 9.64 Å². The molecule has 0 bridgehead atoms. The molecule has 0 aromatic heterocycles. The zero-order valence-corrected chi connectivity index (χ0v) is 17.7. The predicted molar refractivity (Wildman–Crippen MR) is 112 cm³/mol. The molecule has 0 saturated carbocycles. The smallest absolute Gasteiger partial charge is 0.240 e. The lowest BCUT2D eigenvalue weighted by molar-refractivity contribution is -0.117. The van der Waals surface area contributed by atoms with Gasteiger partial charge in [0.15, 0.2) is 0 Å². The number of amides is 1. The minimum absolute atomic E-state index is 0.0276. The molecule has 6 nitrogen and oxygen atoms in total. The summed E-state index contributed by atoms with van der Waals surface area (Å²) in [6, 6.07) is 11.9. The average Bonchev–Trinajstić information content (AvgIpc) is 3.12. The molecule has 0 radical (unpaired) electrons.